The number of anilines is 3. The molecule has 2 aromatic heterocycles. The average molecular weight is 570 g/mol. The van der Waals surface area contributed by atoms with Gasteiger partial charge < -0.3 is 20.3 Å². The molecule has 2 heterocycles. The molecular weight excluding hydrogens is 556 g/mol. The van der Waals surface area contributed by atoms with Crippen LogP contribution in [-0.4, -0.2) is 37.3 Å². The van der Waals surface area contributed by atoms with Crippen molar-refractivity contribution < 1.29 is 19.1 Å². The molecule has 0 spiro atoms. The molecule has 0 radical (unpaired) electrons. The van der Waals surface area contributed by atoms with Gasteiger partial charge in [0.15, 0.2) is 3.95 Å². The lowest BCUT2D eigenvalue weighted by molar-refractivity contribution is -0.133. The lowest BCUT2D eigenvalue weighted by atomic mass is 10.2. The number of aliphatic carboxylic acids is 1. The van der Waals surface area contributed by atoms with Crippen molar-refractivity contribution in [3.63, 3.8) is 0 Å². The first-order chi connectivity index (χ1) is 16.7. The summed E-state index contributed by atoms with van der Waals surface area (Å²) in [5.74, 6) is -1.67. The molecule has 0 atom stereocenters. The van der Waals surface area contributed by atoms with Crippen LogP contribution in [0.25, 0.3) is 10.9 Å². The van der Waals surface area contributed by atoms with Crippen LogP contribution in [0.4, 0.5) is 21.6 Å². The Kier molecular flexibility index (Phi) is 7.87. The van der Waals surface area contributed by atoms with Gasteiger partial charge in [-0.3, -0.25) is 9.59 Å². The normalized spacial score (nSPS) is 10.9. The number of carboxylic acids is 1. The third-order valence-electron chi connectivity index (χ3n) is 4.52. The summed E-state index contributed by atoms with van der Waals surface area (Å²) >= 11 is 19.5. The molecule has 0 unspecified atom stereocenters. The minimum absolute atomic E-state index is 0.0497. The predicted octanol–water partition coefficient (Wildman–Crippen LogP) is 6.23. The van der Waals surface area contributed by atoms with Crippen LogP contribution in [0.3, 0.4) is 0 Å². The van der Waals surface area contributed by atoms with Crippen LogP contribution in [-0.2, 0) is 16.1 Å². The van der Waals surface area contributed by atoms with E-state index in [0.717, 1.165) is 17.8 Å². The van der Waals surface area contributed by atoms with Crippen molar-refractivity contribution in [2.45, 2.75) is 10.8 Å². The van der Waals surface area contributed by atoms with E-state index in [9.17, 15) is 14.0 Å². The van der Waals surface area contributed by atoms with Crippen molar-refractivity contribution in [3.05, 3.63) is 62.7 Å². The van der Waals surface area contributed by atoms with Gasteiger partial charge in [0.2, 0.25) is 5.91 Å². The van der Waals surface area contributed by atoms with E-state index in [-0.39, 0.29) is 33.9 Å². The van der Waals surface area contributed by atoms with Crippen LogP contribution in [0.5, 0.6) is 0 Å². The largest absolute Gasteiger partial charge is 0.481 e. The van der Waals surface area contributed by atoms with E-state index in [1.165, 1.54) is 23.7 Å². The molecule has 0 aliphatic heterocycles. The topological polar surface area (TPSA) is 109 Å². The average Bonchev–Trinajstić information content (AvgIpc) is 3.15. The van der Waals surface area contributed by atoms with Gasteiger partial charge >= 0.3 is 5.97 Å². The first-order valence-electron chi connectivity index (χ1n) is 9.70. The molecule has 0 saturated heterocycles. The Labute approximate surface area is 221 Å². The Morgan fingerprint density at radius 2 is 1.97 bits per heavy atom. The number of aromatic nitrogens is 3. The monoisotopic (exact) mass is 569 g/mol. The number of fused-ring (bicyclic) bond motifs is 1. The van der Waals surface area contributed by atoms with E-state index in [2.05, 4.69) is 20.6 Å². The maximum absolute atomic E-state index is 14.4. The number of halogens is 3. The van der Waals surface area contributed by atoms with Gasteiger partial charge in [-0.25, -0.2) is 14.4 Å². The number of thiazole rings is 1. The van der Waals surface area contributed by atoms with Gasteiger partial charge in [-0.1, -0.05) is 34.5 Å². The SMILES string of the molecule is O=C(O)CSc1cn(CC(=O)Nc2ccc3ncnc(Nc4cc(Cl)c(Cl)cc4F)c3c2)c(=S)s1. The molecule has 2 aromatic carbocycles. The minimum atomic E-state index is -0.936. The summed E-state index contributed by atoms with van der Waals surface area (Å²) in [6.07, 6.45) is 2.98. The van der Waals surface area contributed by atoms with Gasteiger partial charge in [-0.05, 0) is 42.5 Å². The summed E-state index contributed by atoms with van der Waals surface area (Å²) in [4.78, 5) is 31.8. The quantitative estimate of drug-likeness (QED) is 0.130. The van der Waals surface area contributed by atoms with Crippen LogP contribution >= 0.6 is 58.5 Å². The van der Waals surface area contributed by atoms with Crippen LogP contribution in [0.1, 0.15) is 0 Å². The number of benzene rings is 2. The smallest absolute Gasteiger partial charge is 0.313 e. The molecule has 180 valence electrons. The highest BCUT2D eigenvalue weighted by atomic mass is 35.5. The number of rotatable bonds is 8. The molecule has 35 heavy (non-hydrogen) atoms. The van der Waals surface area contributed by atoms with E-state index in [1.807, 2.05) is 0 Å². The van der Waals surface area contributed by atoms with Gasteiger partial charge in [0.05, 0.1) is 31.2 Å². The predicted molar refractivity (Wildman–Crippen MR) is 139 cm³/mol. The number of nitrogens with one attached hydrogen (secondary N) is 2. The second kappa shape index (κ2) is 10.9. The van der Waals surface area contributed by atoms with Crippen molar-refractivity contribution in [2.75, 3.05) is 16.4 Å². The molecule has 0 fully saturated rings. The van der Waals surface area contributed by atoms with Crippen molar-refractivity contribution >= 4 is 98.5 Å². The van der Waals surface area contributed by atoms with Crippen molar-refractivity contribution in [3.8, 4) is 0 Å². The maximum atomic E-state index is 14.4. The Bertz CT molecular complexity index is 1510. The first kappa shape index (κ1) is 25.3. The van der Waals surface area contributed by atoms with Crippen molar-refractivity contribution in [1.82, 2.24) is 14.5 Å². The molecule has 4 aromatic rings. The number of carboxylic acid groups (broad SMARTS) is 1. The lowest BCUT2D eigenvalue weighted by Crippen LogP contribution is -2.18. The highest BCUT2D eigenvalue weighted by Gasteiger charge is 2.13. The zero-order valence-electron chi connectivity index (χ0n) is 17.4. The molecule has 0 aliphatic rings. The van der Waals surface area contributed by atoms with Crippen LogP contribution < -0.4 is 10.6 Å². The van der Waals surface area contributed by atoms with Crippen LogP contribution in [0, 0.1) is 9.77 Å². The molecule has 0 aliphatic carbocycles. The molecule has 3 N–H and O–H groups in total. The number of nitrogens with zero attached hydrogens (tertiary/aromatic N) is 3. The Hall–Kier alpha value is -2.77. The number of hydrogen-bond donors (Lipinski definition) is 3. The summed E-state index contributed by atoms with van der Waals surface area (Å²) in [5.41, 5.74) is 1.12. The summed E-state index contributed by atoms with van der Waals surface area (Å²) in [6.45, 7) is -0.0497. The van der Waals surface area contributed by atoms with E-state index in [0.29, 0.717) is 30.6 Å². The molecule has 14 heteroatoms. The Morgan fingerprint density at radius 1 is 1.20 bits per heavy atom. The van der Waals surface area contributed by atoms with E-state index in [4.69, 9.17) is 40.5 Å². The highest BCUT2D eigenvalue weighted by molar-refractivity contribution is 8.01. The highest BCUT2D eigenvalue weighted by Crippen LogP contribution is 2.32. The van der Waals surface area contributed by atoms with E-state index < -0.39 is 11.8 Å². The van der Waals surface area contributed by atoms with E-state index in [1.54, 1.807) is 29.0 Å². The number of hydrogen-bond acceptors (Lipinski definition) is 8. The Morgan fingerprint density at radius 3 is 2.74 bits per heavy atom. The number of thioether (sulfide) groups is 1. The Balaban J connectivity index is 1.53. The van der Waals surface area contributed by atoms with Crippen LogP contribution in [0.2, 0.25) is 10.0 Å². The molecular formula is C21H14Cl2FN5O3S3. The third kappa shape index (κ3) is 6.27. The van der Waals surface area contributed by atoms with Crippen molar-refractivity contribution in [2.24, 2.45) is 0 Å². The molecule has 0 saturated carbocycles. The molecule has 0 bridgehead atoms. The second-order valence-corrected chi connectivity index (χ2v) is 10.8. The van der Waals surface area contributed by atoms with Gasteiger partial charge in [-0.15, -0.1) is 11.8 Å². The fraction of sp³-hybridized carbons (Fsp3) is 0.0952. The number of amides is 1. The lowest BCUT2D eigenvalue weighted by Gasteiger charge is -2.12. The standard InChI is InChI=1S/C21H14Cl2FN5O3S3/c22-12-4-14(24)16(5-13(12)23)28-20-11-3-10(1-2-15(11)25-9-26-20)27-17(30)6-29-7-19(35-21(29)33)34-8-18(31)32/h1-5,7,9H,6,8H2,(H,27,30)(H,31,32)(H,25,26,28). The third-order valence-corrected chi connectivity index (χ3v) is 7.82. The maximum Gasteiger partial charge on any atom is 0.313 e. The number of carbonyl (C=O) groups is 2. The van der Waals surface area contributed by atoms with Crippen molar-refractivity contribution in [1.29, 1.82) is 0 Å². The second-order valence-electron chi connectivity index (χ2n) is 7.00. The summed E-state index contributed by atoms with van der Waals surface area (Å²) < 4.78 is 17.1. The summed E-state index contributed by atoms with van der Waals surface area (Å²) in [7, 11) is 0. The first-order valence-corrected chi connectivity index (χ1v) is 12.7. The molecule has 8 nitrogen and oxygen atoms in total. The zero-order chi connectivity index (χ0) is 25.1. The van der Waals surface area contributed by atoms with Gasteiger partial charge in [0.25, 0.3) is 0 Å². The fourth-order valence-corrected chi connectivity index (χ4v) is 5.56. The molecule has 1 amide bonds. The summed E-state index contributed by atoms with van der Waals surface area (Å²) in [6, 6.07) is 7.48. The zero-order valence-corrected chi connectivity index (χ0v) is 21.4. The minimum Gasteiger partial charge on any atom is -0.481 e. The van der Waals surface area contributed by atoms with Gasteiger partial charge in [0, 0.05) is 17.3 Å². The van der Waals surface area contributed by atoms with E-state index >= 15 is 0 Å². The number of carbonyl (C=O) groups excluding carboxylic acids is 1. The molecule has 4 rings (SSSR count). The fourth-order valence-electron chi connectivity index (χ4n) is 3.00. The van der Waals surface area contributed by atoms with Gasteiger partial charge in [0.1, 0.15) is 24.5 Å². The van der Waals surface area contributed by atoms with Gasteiger partial charge in [-0.2, -0.15) is 0 Å². The summed E-state index contributed by atoms with van der Waals surface area (Å²) in [5, 5.41) is 15.3. The van der Waals surface area contributed by atoms with Crippen LogP contribution in [0.15, 0.2) is 47.1 Å².